The average Bonchev–Trinajstić information content (AvgIpc) is 2.45. The summed E-state index contributed by atoms with van der Waals surface area (Å²) in [4.78, 5) is 15.3. The Bertz CT molecular complexity index is 493. The van der Waals surface area contributed by atoms with Gasteiger partial charge in [-0.25, -0.2) is 4.79 Å². The summed E-state index contributed by atoms with van der Waals surface area (Å²) in [6.45, 7) is 8.80. The minimum atomic E-state index is -0.826. The van der Waals surface area contributed by atoms with E-state index >= 15 is 0 Å². The fraction of sp³-hybridized carbons (Fsp3) is 0.562. The van der Waals surface area contributed by atoms with E-state index in [1.54, 1.807) is 4.90 Å². The molecule has 1 aromatic carbocycles. The minimum absolute atomic E-state index is 0.0158. The molecular weight excluding hydrogens is 266 g/mol. The van der Waals surface area contributed by atoms with Crippen LogP contribution >= 0.6 is 0 Å². The van der Waals surface area contributed by atoms with Gasteiger partial charge in [-0.2, -0.15) is 0 Å². The van der Waals surface area contributed by atoms with Gasteiger partial charge < -0.3 is 20.6 Å². The molecule has 1 aliphatic heterocycles. The zero-order valence-electron chi connectivity index (χ0n) is 13.0. The summed E-state index contributed by atoms with van der Waals surface area (Å²) < 4.78 is 0. The molecule has 1 fully saturated rings. The van der Waals surface area contributed by atoms with Crippen LogP contribution in [0, 0.1) is 5.41 Å². The lowest BCUT2D eigenvalue weighted by atomic mass is 9.84. The highest BCUT2D eigenvalue weighted by atomic mass is 16.4. The van der Waals surface area contributed by atoms with Crippen LogP contribution in [0.4, 0.5) is 10.5 Å². The van der Waals surface area contributed by atoms with E-state index in [2.05, 4.69) is 37.8 Å². The topological polar surface area (TPSA) is 69.8 Å². The van der Waals surface area contributed by atoms with Crippen molar-refractivity contribution in [1.29, 1.82) is 0 Å². The van der Waals surface area contributed by atoms with Gasteiger partial charge in [0.2, 0.25) is 0 Å². The van der Waals surface area contributed by atoms with Crippen molar-refractivity contribution in [1.82, 2.24) is 4.90 Å². The molecule has 1 atom stereocenters. The van der Waals surface area contributed by atoms with Gasteiger partial charge in [0.15, 0.2) is 0 Å². The fourth-order valence-electron chi connectivity index (χ4n) is 2.83. The summed E-state index contributed by atoms with van der Waals surface area (Å²) in [7, 11) is 0. The molecule has 0 saturated carbocycles. The van der Waals surface area contributed by atoms with Crippen LogP contribution in [0.25, 0.3) is 0 Å². The van der Waals surface area contributed by atoms with Crippen molar-refractivity contribution in [3.63, 3.8) is 0 Å². The van der Waals surface area contributed by atoms with Crippen LogP contribution in [-0.2, 0) is 6.54 Å². The Hall–Kier alpha value is -1.75. The first kappa shape index (κ1) is 15.6. The third-order valence-corrected chi connectivity index (χ3v) is 4.16. The maximum absolute atomic E-state index is 11.4. The summed E-state index contributed by atoms with van der Waals surface area (Å²) in [5, 5.41) is 9.39. The third-order valence-electron chi connectivity index (χ3n) is 4.16. The average molecular weight is 291 g/mol. The summed E-state index contributed by atoms with van der Waals surface area (Å²) >= 11 is 0. The van der Waals surface area contributed by atoms with Crippen LogP contribution in [0.3, 0.4) is 0 Å². The first-order valence-corrected chi connectivity index (χ1v) is 7.36. The zero-order valence-corrected chi connectivity index (χ0v) is 13.0. The maximum atomic E-state index is 11.4. The molecule has 3 N–H and O–H groups in total. The molecule has 1 aliphatic rings. The van der Waals surface area contributed by atoms with Gasteiger partial charge in [-0.3, -0.25) is 0 Å². The van der Waals surface area contributed by atoms with Crippen molar-refractivity contribution >= 4 is 11.8 Å². The van der Waals surface area contributed by atoms with E-state index in [0.29, 0.717) is 13.1 Å². The SMILES string of the molecule is CC(C)(C)C1CN(c2ccc(CN)cc2)CCN1C(=O)O. The Labute approximate surface area is 126 Å². The van der Waals surface area contributed by atoms with Crippen LogP contribution in [-0.4, -0.2) is 41.8 Å². The normalized spacial score (nSPS) is 19.7. The van der Waals surface area contributed by atoms with Crippen LogP contribution in [0.2, 0.25) is 0 Å². The number of benzene rings is 1. The fourth-order valence-corrected chi connectivity index (χ4v) is 2.83. The summed E-state index contributed by atoms with van der Waals surface area (Å²) in [6, 6.07) is 8.19. The van der Waals surface area contributed by atoms with E-state index in [9.17, 15) is 9.90 Å². The molecule has 0 aromatic heterocycles. The van der Waals surface area contributed by atoms with Crippen molar-refractivity contribution < 1.29 is 9.90 Å². The van der Waals surface area contributed by atoms with E-state index in [1.165, 1.54) is 0 Å². The van der Waals surface area contributed by atoms with Gasteiger partial charge in [0.1, 0.15) is 0 Å². The Morgan fingerprint density at radius 3 is 2.38 bits per heavy atom. The lowest BCUT2D eigenvalue weighted by Crippen LogP contribution is -2.59. The first-order chi connectivity index (χ1) is 9.82. The molecule has 1 aromatic rings. The predicted octanol–water partition coefficient (Wildman–Crippen LogP) is 2.36. The summed E-state index contributed by atoms with van der Waals surface area (Å²) in [5.74, 6) is 0. The van der Waals surface area contributed by atoms with Gasteiger partial charge in [0, 0.05) is 31.9 Å². The highest BCUT2D eigenvalue weighted by Gasteiger charge is 2.37. The van der Waals surface area contributed by atoms with E-state index in [-0.39, 0.29) is 11.5 Å². The highest BCUT2D eigenvalue weighted by molar-refractivity contribution is 5.66. The number of anilines is 1. The number of rotatable bonds is 2. The van der Waals surface area contributed by atoms with Gasteiger partial charge in [-0.1, -0.05) is 32.9 Å². The molecule has 1 amide bonds. The Kier molecular flexibility index (Phi) is 4.42. The Balaban J connectivity index is 2.18. The molecule has 2 rings (SSSR count). The van der Waals surface area contributed by atoms with Gasteiger partial charge in [-0.05, 0) is 23.1 Å². The molecule has 0 aliphatic carbocycles. The highest BCUT2D eigenvalue weighted by Crippen LogP contribution is 2.30. The quantitative estimate of drug-likeness (QED) is 0.877. The number of hydrogen-bond donors (Lipinski definition) is 2. The van der Waals surface area contributed by atoms with Gasteiger partial charge in [0.05, 0.1) is 6.04 Å². The van der Waals surface area contributed by atoms with Crippen LogP contribution in [0.1, 0.15) is 26.3 Å². The number of nitrogens with two attached hydrogens (primary N) is 1. The number of carbonyl (C=O) groups is 1. The largest absolute Gasteiger partial charge is 0.465 e. The Morgan fingerprint density at radius 2 is 1.90 bits per heavy atom. The molecule has 1 saturated heterocycles. The standard InChI is InChI=1S/C16H25N3O2/c1-16(2,3)14-11-18(8-9-19(14)15(20)21)13-6-4-12(10-17)5-7-13/h4-7,14H,8-11,17H2,1-3H3,(H,20,21). The van der Waals surface area contributed by atoms with Crippen molar-refractivity contribution in [2.24, 2.45) is 11.1 Å². The number of hydrogen-bond acceptors (Lipinski definition) is 3. The monoisotopic (exact) mass is 291 g/mol. The Morgan fingerprint density at radius 1 is 1.29 bits per heavy atom. The second kappa shape index (κ2) is 5.93. The molecule has 0 spiro atoms. The number of piperazine rings is 1. The molecule has 0 radical (unpaired) electrons. The van der Waals surface area contributed by atoms with E-state index in [0.717, 1.165) is 24.3 Å². The van der Waals surface area contributed by atoms with Gasteiger partial charge in [0.25, 0.3) is 0 Å². The predicted molar refractivity (Wildman–Crippen MR) is 84.5 cm³/mol. The lowest BCUT2D eigenvalue weighted by molar-refractivity contribution is 0.0748. The smallest absolute Gasteiger partial charge is 0.407 e. The maximum Gasteiger partial charge on any atom is 0.407 e. The summed E-state index contributed by atoms with van der Waals surface area (Å²) in [6.07, 6.45) is -0.826. The molecule has 0 bridgehead atoms. The lowest BCUT2D eigenvalue weighted by Gasteiger charge is -2.46. The molecule has 1 heterocycles. The zero-order chi connectivity index (χ0) is 15.6. The number of nitrogens with zero attached hydrogens (tertiary/aromatic N) is 2. The van der Waals surface area contributed by atoms with E-state index in [4.69, 9.17) is 5.73 Å². The minimum Gasteiger partial charge on any atom is -0.465 e. The van der Waals surface area contributed by atoms with Crippen LogP contribution in [0.15, 0.2) is 24.3 Å². The number of carboxylic acid groups (broad SMARTS) is 1. The molecule has 21 heavy (non-hydrogen) atoms. The molecule has 5 nitrogen and oxygen atoms in total. The van der Waals surface area contributed by atoms with Gasteiger partial charge >= 0.3 is 6.09 Å². The molecule has 116 valence electrons. The van der Waals surface area contributed by atoms with Crippen LogP contribution in [0.5, 0.6) is 0 Å². The molecular formula is C16H25N3O2. The second-order valence-corrected chi connectivity index (χ2v) is 6.67. The molecule has 5 heteroatoms. The second-order valence-electron chi connectivity index (χ2n) is 6.67. The molecule has 1 unspecified atom stereocenters. The van der Waals surface area contributed by atoms with E-state index in [1.807, 2.05) is 12.1 Å². The van der Waals surface area contributed by atoms with Crippen molar-refractivity contribution in [2.45, 2.75) is 33.4 Å². The number of amides is 1. The van der Waals surface area contributed by atoms with Crippen molar-refractivity contribution in [3.8, 4) is 0 Å². The third kappa shape index (κ3) is 3.47. The van der Waals surface area contributed by atoms with Crippen LogP contribution < -0.4 is 10.6 Å². The van der Waals surface area contributed by atoms with Crippen molar-refractivity contribution in [2.75, 3.05) is 24.5 Å². The summed E-state index contributed by atoms with van der Waals surface area (Å²) in [5.41, 5.74) is 7.77. The van der Waals surface area contributed by atoms with E-state index < -0.39 is 6.09 Å². The van der Waals surface area contributed by atoms with Gasteiger partial charge in [-0.15, -0.1) is 0 Å². The van der Waals surface area contributed by atoms with Crippen molar-refractivity contribution in [3.05, 3.63) is 29.8 Å². The first-order valence-electron chi connectivity index (χ1n) is 7.36.